The molecule has 0 unspecified atom stereocenters. The first-order valence-electron chi connectivity index (χ1n) is 11.5. The van der Waals surface area contributed by atoms with Crippen LogP contribution >= 0.6 is 0 Å². The Morgan fingerprint density at radius 2 is 1.56 bits per heavy atom. The van der Waals surface area contributed by atoms with Gasteiger partial charge in [-0.1, -0.05) is 30.3 Å². The number of ether oxygens (including phenoxy) is 1. The van der Waals surface area contributed by atoms with E-state index >= 15 is 0 Å². The predicted molar refractivity (Wildman–Crippen MR) is 132 cm³/mol. The van der Waals surface area contributed by atoms with Crippen LogP contribution in [0.5, 0.6) is 5.75 Å². The van der Waals surface area contributed by atoms with E-state index in [0.29, 0.717) is 5.75 Å². The van der Waals surface area contributed by atoms with Crippen molar-refractivity contribution in [1.29, 1.82) is 0 Å². The molecule has 1 aliphatic rings. The first-order valence-corrected chi connectivity index (χ1v) is 11.5. The molecular formula is C28H27FN4O. The molecule has 1 atom stereocenters. The van der Waals surface area contributed by atoms with Gasteiger partial charge < -0.3 is 9.64 Å². The number of benzene rings is 2. The van der Waals surface area contributed by atoms with Crippen LogP contribution in [0.3, 0.4) is 0 Å². The Kier molecular flexibility index (Phi) is 6.49. The normalized spacial score (nSPS) is 15.2. The number of anilines is 1. The van der Waals surface area contributed by atoms with Crippen LogP contribution < -0.4 is 9.64 Å². The van der Waals surface area contributed by atoms with Crippen LogP contribution in [0.15, 0.2) is 91.4 Å². The Hall–Kier alpha value is -3.77. The van der Waals surface area contributed by atoms with Gasteiger partial charge in [0.2, 0.25) is 0 Å². The Morgan fingerprint density at radius 3 is 2.24 bits per heavy atom. The van der Waals surface area contributed by atoms with Crippen molar-refractivity contribution in [2.45, 2.75) is 6.04 Å². The van der Waals surface area contributed by atoms with Gasteiger partial charge in [0.1, 0.15) is 17.4 Å². The number of nitrogens with zero attached hydrogens (tertiary/aromatic N) is 4. The van der Waals surface area contributed by atoms with Gasteiger partial charge in [-0.3, -0.25) is 9.88 Å². The highest BCUT2D eigenvalue weighted by molar-refractivity contribution is 5.70. The summed E-state index contributed by atoms with van der Waals surface area (Å²) in [5.41, 5.74) is 4.30. The molecule has 0 aliphatic carbocycles. The monoisotopic (exact) mass is 454 g/mol. The third-order valence-corrected chi connectivity index (χ3v) is 6.38. The van der Waals surface area contributed by atoms with E-state index in [1.807, 2.05) is 30.7 Å². The largest absolute Gasteiger partial charge is 0.496 e. The second kappa shape index (κ2) is 10.0. The van der Waals surface area contributed by atoms with E-state index in [9.17, 15) is 4.39 Å². The van der Waals surface area contributed by atoms with Gasteiger partial charge in [0, 0.05) is 56.4 Å². The second-order valence-corrected chi connectivity index (χ2v) is 8.36. The van der Waals surface area contributed by atoms with Gasteiger partial charge in [-0.25, -0.2) is 9.37 Å². The number of piperazine rings is 1. The Labute approximate surface area is 199 Å². The summed E-state index contributed by atoms with van der Waals surface area (Å²) in [7, 11) is 1.57. The second-order valence-electron chi connectivity index (χ2n) is 8.36. The van der Waals surface area contributed by atoms with Crippen LogP contribution in [-0.4, -0.2) is 48.2 Å². The molecular weight excluding hydrogens is 427 g/mol. The van der Waals surface area contributed by atoms with E-state index in [2.05, 4.69) is 62.2 Å². The maximum Gasteiger partial charge on any atom is 0.129 e. The van der Waals surface area contributed by atoms with E-state index in [1.54, 1.807) is 13.2 Å². The molecule has 1 aliphatic heterocycles. The molecule has 0 saturated carbocycles. The number of hydrogen-bond donors (Lipinski definition) is 0. The molecule has 0 amide bonds. The molecule has 0 spiro atoms. The minimum absolute atomic E-state index is 0.123. The number of methoxy groups -OCH3 is 1. The van der Waals surface area contributed by atoms with Crippen molar-refractivity contribution in [3.8, 4) is 16.9 Å². The molecule has 2 aromatic carbocycles. The predicted octanol–water partition coefficient (Wildman–Crippen LogP) is 5.20. The van der Waals surface area contributed by atoms with Crippen LogP contribution in [0.25, 0.3) is 11.1 Å². The van der Waals surface area contributed by atoms with E-state index in [4.69, 9.17) is 4.74 Å². The molecule has 34 heavy (non-hydrogen) atoms. The zero-order valence-electron chi connectivity index (χ0n) is 19.1. The first-order chi connectivity index (χ1) is 16.7. The molecule has 4 aromatic rings. The van der Waals surface area contributed by atoms with Gasteiger partial charge in [0.25, 0.3) is 0 Å². The Balaban J connectivity index is 1.41. The topological polar surface area (TPSA) is 41.5 Å². The number of rotatable bonds is 6. The van der Waals surface area contributed by atoms with Crippen LogP contribution in [0.4, 0.5) is 10.2 Å². The zero-order chi connectivity index (χ0) is 23.3. The molecule has 3 heterocycles. The smallest absolute Gasteiger partial charge is 0.129 e. The van der Waals surface area contributed by atoms with Crippen molar-refractivity contribution in [3.63, 3.8) is 0 Å². The van der Waals surface area contributed by atoms with Crippen molar-refractivity contribution in [2.75, 3.05) is 38.2 Å². The number of hydrogen-bond acceptors (Lipinski definition) is 5. The van der Waals surface area contributed by atoms with Crippen molar-refractivity contribution in [2.24, 2.45) is 0 Å². The SMILES string of the molecule is COc1cc(F)ccc1-c1ccc([C@H](c2ccncc2)N2CCN(c3ccccn3)CC2)cc1. The van der Waals surface area contributed by atoms with E-state index in [0.717, 1.165) is 43.1 Å². The molecule has 0 radical (unpaired) electrons. The quantitative estimate of drug-likeness (QED) is 0.400. The summed E-state index contributed by atoms with van der Waals surface area (Å²) >= 11 is 0. The lowest BCUT2D eigenvalue weighted by Crippen LogP contribution is -2.48. The summed E-state index contributed by atoms with van der Waals surface area (Å²) < 4.78 is 19.1. The van der Waals surface area contributed by atoms with Gasteiger partial charge in [-0.15, -0.1) is 0 Å². The van der Waals surface area contributed by atoms with Crippen molar-refractivity contribution in [3.05, 3.63) is 108 Å². The van der Waals surface area contributed by atoms with Crippen molar-refractivity contribution in [1.82, 2.24) is 14.9 Å². The highest BCUT2D eigenvalue weighted by atomic mass is 19.1. The van der Waals surface area contributed by atoms with E-state index in [1.165, 1.54) is 23.3 Å². The van der Waals surface area contributed by atoms with E-state index in [-0.39, 0.29) is 11.9 Å². The molecule has 1 saturated heterocycles. The molecule has 5 rings (SSSR count). The van der Waals surface area contributed by atoms with Gasteiger partial charge >= 0.3 is 0 Å². The Bertz CT molecular complexity index is 1210. The zero-order valence-corrected chi connectivity index (χ0v) is 19.1. The lowest BCUT2D eigenvalue weighted by molar-refractivity contribution is 0.212. The summed E-state index contributed by atoms with van der Waals surface area (Å²) in [6, 6.07) is 23.5. The van der Waals surface area contributed by atoms with Gasteiger partial charge in [0.15, 0.2) is 0 Å². The Morgan fingerprint density at radius 1 is 0.824 bits per heavy atom. The average Bonchev–Trinajstić information content (AvgIpc) is 2.91. The maximum absolute atomic E-state index is 13.7. The lowest BCUT2D eigenvalue weighted by atomic mass is 9.94. The van der Waals surface area contributed by atoms with Gasteiger partial charge in [-0.05, 0) is 53.1 Å². The minimum atomic E-state index is -0.306. The third kappa shape index (κ3) is 4.63. The molecule has 6 heteroatoms. The van der Waals surface area contributed by atoms with Gasteiger partial charge in [0.05, 0.1) is 13.2 Å². The molecule has 0 bridgehead atoms. The molecule has 2 aromatic heterocycles. The minimum Gasteiger partial charge on any atom is -0.496 e. The fourth-order valence-corrected chi connectivity index (χ4v) is 4.66. The fourth-order valence-electron chi connectivity index (χ4n) is 4.66. The number of halogens is 1. The third-order valence-electron chi connectivity index (χ3n) is 6.38. The highest BCUT2D eigenvalue weighted by Gasteiger charge is 2.27. The molecule has 172 valence electrons. The van der Waals surface area contributed by atoms with Crippen molar-refractivity contribution >= 4 is 5.82 Å². The molecule has 5 nitrogen and oxygen atoms in total. The fraction of sp³-hybridized carbons (Fsp3) is 0.214. The van der Waals surface area contributed by atoms with Crippen molar-refractivity contribution < 1.29 is 9.13 Å². The van der Waals surface area contributed by atoms with Crippen LogP contribution in [0.2, 0.25) is 0 Å². The average molecular weight is 455 g/mol. The lowest BCUT2D eigenvalue weighted by Gasteiger charge is -2.40. The summed E-state index contributed by atoms with van der Waals surface area (Å²) in [6.45, 7) is 3.70. The van der Waals surface area contributed by atoms with E-state index < -0.39 is 0 Å². The summed E-state index contributed by atoms with van der Waals surface area (Å²) in [6.07, 6.45) is 5.55. The summed E-state index contributed by atoms with van der Waals surface area (Å²) in [5, 5.41) is 0. The maximum atomic E-state index is 13.7. The number of pyridine rings is 2. The van der Waals surface area contributed by atoms with Crippen LogP contribution in [0, 0.1) is 5.82 Å². The van der Waals surface area contributed by atoms with Gasteiger partial charge in [-0.2, -0.15) is 0 Å². The van der Waals surface area contributed by atoms with Crippen LogP contribution in [-0.2, 0) is 0 Å². The highest BCUT2D eigenvalue weighted by Crippen LogP contribution is 2.34. The summed E-state index contributed by atoms with van der Waals surface area (Å²) in [4.78, 5) is 13.6. The molecule has 1 fully saturated rings. The summed E-state index contributed by atoms with van der Waals surface area (Å²) in [5.74, 6) is 1.25. The van der Waals surface area contributed by atoms with Crippen LogP contribution in [0.1, 0.15) is 17.2 Å². The first kappa shape index (κ1) is 22.0. The molecule has 0 N–H and O–H groups in total. The standard InChI is InChI=1S/C28H27FN4O/c1-34-26-20-24(29)9-10-25(26)21-5-7-22(8-6-21)28(23-11-14-30-15-12-23)33-18-16-32(17-19-33)27-4-2-3-13-31-27/h2-15,20,28H,16-19H2,1H3/t28-/m1/s1. The number of aromatic nitrogens is 2.